The molecule has 0 radical (unpaired) electrons. The third-order valence-corrected chi connectivity index (χ3v) is 6.02. The van der Waals surface area contributed by atoms with Gasteiger partial charge in [-0.3, -0.25) is 4.79 Å². The number of anilines is 1. The second kappa shape index (κ2) is 8.69. The van der Waals surface area contributed by atoms with Crippen molar-refractivity contribution in [3.8, 4) is 10.4 Å². The molecule has 0 aliphatic carbocycles. The van der Waals surface area contributed by atoms with Crippen molar-refractivity contribution >= 4 is 51.2 Å². The van der Waals surface area contributed by atoms with Crippen LogP contribution in [0.5, 0.6) is 0 Å². The standard InChI is InChI=1S/C20H18ClNO3S2/c1-3-25-20(24)18-17(15-5-4-10-26-15)12(2)27-19(18)22-16(23)11-13-6-8-14(21)9-7-13/h4-10H,3,11H2,1-2H3,(H,22,23). The molecular formula is C20H18ClNO3S2. The van der Waals surface area contributed by atoms with Crippen molar-refractivity contribution < 1.29 is 14.3 Å². The fraction of sp³-hybridized carbons (Fsp3) is 0.200. The Labute approximate surface area is 170 Å². The zero-order valence-electron chi connectivity index (χ0n) is 14.9. The second-order valence-corrected chi connectivity index (χ2v) is 8.40. The van der Waals surface area contributed by atoms with Crippen LogP contribution >= 0.6 is 34.3 Å². The van der Waals surface area contributed by atoms with Gasteiger partial charge in [0.2, 0.25) is 5.91 Å². The van der Waals surface area contributed by atoms with E-state index in [9.17, 15) is 9.59 Å². The number of carbonyl (C=O) groups is 2. The van der Waals surface area contributed by atoms with Crippen molar-refractivity contribution in [1.29, 1.82) is 0 Å². The van der Waals surface area contributed by atoms with Gasteiger partial charge in [-0.2, -0.15) is 0 Å². The molecule has 0 fully saturated rings. The normalized spacial score (nSPS) is 10.6. The lowest BCUT2D eigenvalue weighted by Gasteiger charge is -2.08. The van der Waals surface area contributed by atoms with E-state index in [2.05, 4.69) is 5.32 Å². The zero-order chi connectivity index (χ0) is 19.4. The molecule has 3 rings (SSSR count). The minimum atomic E-state index is -0.424. The predicted octanol–water partition coefficient (Wildman–Crippen LogP) is 5.80. The number of ether oxygens (including phenoxy) is 1. The smallest absolute Gasteiger partial charge is 0.341 e. The lowest BCUT2D eigenvalue weighted by Crippen LogP contribution is -2.16. The molecule has 2 heterocycles. The molecule has 2 aromatic heterocycles. The van der Waals surface area contributed by atoms with Gasteiger partial charge in [0, 0.05) is 20.3 Å². The van der Waals surface area contributed by atoms with Crippen LogP contribution in [0.15, 0.2) is 41.8 Å². The van der Waals surface area contributed by atoms with Crippen molar-refractivity contribution in [1.82, 2.24) is 0 Å². The zero-order valence-corrected chi connectivity index (χ0v) is 17.3. The number of aryl methyl sites for hydroxylation is 1. The number of halogens is 1. The summed E-state index contributed by atoms with van der Waals surface area (Å²) in [6.07, 6.45) is 0.199. The molecule has 4 nitrogen and oxygen atoms in total. The van der Waals surface area contributed by atoms with E-state index in [1.807, 2.05) is 36.6 Å². The van der Waals surface area contributed by atoms with Crippen LogP contribution < -0.4 is 5.32 Å². The lowest BCUT2D eigenvalue weighted by atomic mass is 10.1. The Morgan fingerprint density at radius 1 is 1.19 bits per heavy atom. The van der Waals surface area contributed by atoms with Gasteiger partial charge in [0.15, 0.2) is 0 Å². The van der Waals surface area contributed by atoms with Gasteiger partial charge in [0.25, 0.3) is 0 Å². The molecule has 0 unspecified atom stereocenters. The number of thiophene rings is 2. The average Bonchev–Trinajstić information content (AvgIpc) is 3.24. The van der Waals surface area contributed by atoms with Crippen molar-refractivity contribution in [3.63, 3.8) is 0 Å². The summed E-state index contributed by atoms with van der Waals surface area (Å²) in [5.74, 6) is -0.617. The first-order valence-electron chi connectivity index (χ1n) is 8.38. The summed E-state index contributed by atoms with van der Waals surface area (Å²) in [5.41, 5.74) is 2.10. The van der Waals surface area contributed by atoms with E-state index in [0.717, 1.165) is 20.9 Å². The maximum atomic E-state index is 12.6. The minimum Gasteiger partial charge on any atom is -0.462 e. The summed E-state index contributed by atoms with van der Waals surface area (Å²) in [7, 11) is 0. The van der Waals surface area contributed by atoms with Crippen LogP contribution in [0.2, 0.25) is 5.02 Å². The quantitative estimate of drug-likeness (QED) is 0.514. The van der Waals surface area contributed by atoms with E-state index in [1.54, 1.807) is 30.4 Å². The Morgan fingerprint density at radius 2 is 1.93 bits per heavy atom. The molecule has 0 atom stereocenters. The van der Waals surface area contributed by atoms with Crippen LogP contribution in [-0.2, 0) is 16.0 Å². The van der Waals surface area contributed by atoms with Gasteiger partial charge in [-0.15, -0.1) is 22.7 Å². The van der Waals surface area contributed by atoms with Gasteiger partial charge in [0.05, 0.1) is 13.0 Å². The van der Waals surface area contributed by atoms with Gasteiger partial charge in [-0.25, -0.2) is 4.79 Å². The molecule has 1 N–H and O–H groups in total. The van der Waals surface area contributed by atoms with Crippen LogP contribution in [0.3, 0.4) is 0 Å². The summed E-state index contributed by atoms with van der Waals surface area (Å²) in [6, 6.07) is 11.0. The van der Waals surface area contributed by atoms with E-state index >= 15 is 0 Å². The Kier molecular flexibility index (Phi) is 6.31. The fourth-order valence-electron chi connectivity index (χ4n) is 2.71. The maximum absolute atomic E-state index is 12.6. The molecule has 0 aliphatic rings. The van der Waals surface area contributed by atoms with Gasteiger partial charge < -0.3 is 10.1 Å². The summed E-state index contributed by atoms with van der Waals surface area (Å²) in [6.45, 7) is 3.98. The highest BCUT2D eigenvalue weighted by Crippen LogP contribution is 2.42. The molecule has 0 saturated heterocycles. The summed E-state index contributed by atoms with van der Waals surface area (Å²) in [5, 5.41) is 5.99. The molecule has 1 aromatic carbocycles. The van der Waals surface area contributed by atoms with E-state index in [0.29, 0.717) is 15.6 Å². The van der Waals surface area contributed by atoms with Crippen LogP contribution in [-0.4, -0.2) is 18.5 Å². The minimum absolute atomic E-state index is 0.193. The van der Waals surface area contributed by atoms with Gasteiger partial charge >= 0.3 is 5.97 Å². The van der Waals surface area contributed by atoms with Gasteiger partial charge in [-0.05, 0) is 43.0 Å². The summed E-state index contributed by atoms with van der Waals surface area (Å²) < 4.78 is 5.24. The molecular weight excluding hydrogens is 402 g/mol. The summed E-state index contributed by atoms with van der Waals surface area (Å²) in [4.78, 5) is 27.1. The van der Waals surface area contributed by atoms with Gasteiger partial charge in [0.1, 0.15) is 10.6 Å². The highest BCUT2D eigenvalue weighted by atomic mass is 35.5. The van der Waals surface area contributed by atoms with Crippen molar-refractivity contribution in [2.75, 3.05) is 11.9 Å². The largest absolute Gasteiger partial charge is 0.462 e. The van der Waals surface area contributed by atoms with Crippen molar-refractivity contribution in [2.45, 2.75) is 20.3 Å². The number of hydrogen-bond acceptors (Lipinski definition) is 5. The molecule has 7 heteroatoms. The molecule has 0 bridgehead atoms. The van der Waals surface area contributed by atoms with E-state index in [4.69, 9.17) is 16.3 Å². The first kappa shape index (κ1) is 19.6. The number of nitrogens with one attached hydrogen (secondary N) is 1. The molecule has 3 aromatic rings. The van der Waals surface area contributed by atoms with Crippen LogP contribution in [0, 0.1) is 6.92 Å². The second-order valence-electron chi connectivity index (χ2n) is 5.79. The molecule has 27 heavy (non-hydrogen) atoms. The average molecular weight is 420 g/mol. The molecule has 0 saturated carbocycles. The lowest BCUT2D eigenvalue weighted by molar-refractivity contribution is -0.115. The van der Waals surface area contributed by atoms with E-state index in [-0.39, 0.29) is 18.9 Å². The highest BCUT2D eigenvalue weighted by molar-refractivity contribution is 7.18. The van der Waals surface area contributed by atoms with Crippen LogP contribution in [0.25, 0.3) is 10.4 Å². The van der Waals surface area contributed by atoms with E-state index in [1.165, 1.54) is 11.3 Å². The number of hydrogen-bond donors (Lipinski definition) is 1. The highest BCUT2D eigenvalue weighted by Gasteiger charge is 2.26. The van der Waals surface area contributed by atoms with Gasteiger partial charge in [-0.1, -0.05) is 29.8 Å². The maximum Gasteiger partial charge on any atom is 0.341 e. The SMILES string of the molecule is CCOC(=O)c1c(NC(=O)Cc2ccc(Cl)cc2)sc(C)c1-c1cccs1. The number of benzene rings is 1. The Hall–Kier alpha value is -2.15. The molecule has 1 amide bonds. The van der Waals surface area contributed by atoms with Crippen molar-refractivity contribution in [2.24, 2.45) is 0 Å². The van der Waals surface area contributed by atoms with E-state index < -0.39 is 5.97 Å². The molecule has 140 valence electrons. The number of esters is 1. The monoisotopic (exact) mass is 419 g/mol. The molecule has 0 spiro atoms. The third kappa shape index (κ3) is 4.58. The number of amides is 1. The third-order valence-electron chi connectivity index (χ3n) is 3.86. The Bertz CT molecular complexity index is 947. The predicted molar refractivity (Wildman–Crippen MR) is 112 cm³/mol. The number of rotatable bonds is 6. The first-order chi connectivity index (χ1) is 13.0. The Balaban J connectivity index is 1.90. The summed E-state index contributed by atoms with van der Waals surface area (Å²) >= 11 is 8.82. The van der Waals surface area contributed by atoms with Crippen LogP contribution in [0.1, 0.15) is 27.7 Å². The number of carbonyl (C=O) groups excluding carboxylic acids is 2. The van der Waals surface area contributed by atoms with Crippen molar-refractivity contribution in [3.05, 3.63) is 62.8 Å². The Morgan fingerprint density at radius 3 is 2.56 bits per heavy atom. The molecule has 0 aliphatic heterocycles. The fourth-order valence-corrected chi connectivity index (χ4v) is 4.80. The van der Waals surface area contributed by atoms with Crippen LogP contribution in [0.4, 0.5) is 5.00 Å². The first-order valence-corrected chi connectivity index (χ1v) is 10.5. The topological polar surface area (TPSA) is 55.4 Å².